The maximum absolute atomic E-state index is 11.8. The van der Waals surface area contributed by atoms with E-state index in [1.807, 2.05) is 0 Å². The molecule has 0 spiro atoms. The summed E-state index contributed by atoms with van der Waals surface area (Å²) in [5.41, 5.74) is 6.26. The molecule has 1 amide bonds. The van der Waals surface area contributed by atoms with E-state index in [9.17, 15) is 4.79 Å². The van der Waals surface area contributed by atoms with Gasteiger partial charge in [-0.1, -0.05) is 23.2 Å². The number of hydrogen-bond donors (Lipinski definition) is 3. The quantitative estimate of drug-likeness (QED) is 0.529. The molecule has 1 aromatic carbocycles. The summed E-state index contributed by atoms with van der Waals surface area (Å²) in [4.78, 5) is 11.8. The molecule has 7 heteroatoms. The molecule has 0 radical (unpaired) electrons. The summed E-state index contributed by atoms with van der Waals surface area (Å²) in [6, 6.07) is 2.95. The van der Waals surface area contributed by atoms with Crippen LogP contribution < -0.4 is 11.1 Å². The molecule has 1 rings (SSSR count). The average molecular weight is 307 g/mol. The predicted octanol–water partition coefficient (Wildman–Crippen LogP) is 1.70. The van der Waals surface area contributed by atoms with Crippen molar-refractivity contribution in [3.05, 3.63) is 27.7 Å². The number of nitrogens with one attached hydrogen (secondary N) is 1. The second kappa shape index (κ2) is 8.22. The molecule has 0 saturated heterocycles. The molecule has 0 aliphatic rings. The lowest BCUT2D eigenvalue weighted by Crippen LogP contribution is -2.25. The van der Waals surface area contributed by atoms with Gasteiger partial charge < -0.3 is 20.9 Å². The summed E-state index contributed by atoms with van der Waals surface area (Å²) in [6.07, 6.45) is 0.655. The normalized spacial score (nSPS) is 10.5. The maximum atomic E-state index is 11.8. The van der Waals surface area contributed by atoms with Gasteiger partial charge in [0.2, 0.25) is 0 Å². The van der Waals surface area contributed by atoms with Crippen LogP contribution in [0.25, 0.3) is 0 Å². The first-order valence-corrected chi connectivity index (χ1v) is 6.53. The van der Waals surface area contributed by atoms with Crippen LogP contribution in [0.4, 0.5) is 5.69 Å². The Kier molecular flexibility index (Phi) is 6.94. The number of rotatable bonds is 7. The van der Waals surface area contributed by atoms with Crippen LogP contribution in [0.2, 0.25) is 10.0 Å². The minimum absolute atomic E-state index is 0.00505. The zero-order valence-corrected chi connectivity index (χ0v) is 11.8. The van der Waals surface area contributed by atoms with E-state index in [2.05, 4.69) is 5.32 Å². The highest BCUT2D eigenvalue weighted by molar-refractivity contribution is 6.43. The molecule has 0 fully saturated rings. The Bertz CT molecular complexity index is 418. The molecule has 5 nitrogen and oxygen atoms in total. The summed E-state index contributed by atoms with van der Waals surface area (Å²) in [5.74, 6) is -0.271. The van der Waals surface area contributed by atoms with Crippen LogP contribution in [-0.4, -0.2) is 37.4 Å². The van der Waals surface area contributed by atoms with Crippen molar-refractivity contribution in [2.45, 2.75) is 6.42 Å². The Morgan fingerprint density at radius 1 is 1.37 bits per heavy atom. The Labute approximate surface area is 121 Å². The van der Waals surface area contributed by atoms with E-state index in [-0.39, 0.29) is 28.2 Å². The van der Waals surface area contributed by atoms with Crippen molar-refractivity contribution in [1.29, 1.82) is 0 Å². The Morgan fingerprint density at radius 3 is 2.74 bits per heavy atom. The van der Waals surface area contributed by atoms with Gasteiger partial charge in [-0.3, -0.25) is 4.79 Å². The van der Waals surface area contributed by atoms with E-state index in [1.54, 1.807) is 0 Å². The van der Waals surface area contributed by atoms with Crippen LogP contribution in [-0.2, 0) is 4.74 Å². The fourth-order valence-corrected chi connectivity index (χ4v) is 1.72. The van der Waals surface area contributed by atoms with Gasteiger partial charge in [0.1, 0.15) is 0 Å². The number of anilines is 1. The Balaban J connectivity index is 2.42. The molecule has 19 heavy (non-hydrogen) atoms. The van der Waals surface area contributed by atoms with Crippen molar-refractivity contribution in [3.63, 3.8) is 0 Å². The van der Waals surface area contributed by atoms with Gasteiger partial charge in [-0.15, -0.1) is 0 Å². The fourth-order valence-electron chi connectivity index (χ4n) is 1.39. The van der Waals surface area contributed by atoms with Gasteiger partial charge in [0.05, 0.1) is 28.9 Å². The number of nitrogen functional groups attached to an aromatic ring is 1. The highest BCUT2D eigenvalue weighted by atomic mass is 35.5. The van der Waals surface area contributed by atoms with Gasteiger partial charge >= 0.3 is 0 Å². The van der Waals surface area contributed by atoms with Crippen LogP contribution in [0.5, 0.6) is 0 Å². The van der Waals surface area contributed by atoms with Crippen molar-refractivity contribution in [2.75, 3.05) is 32.1 Å². The second-order valence-electron chi connectivity index (χ2n) is 3.81. The zero-order chi connectivity index (χ0) is 14.3. The van der Waals surface area contributed by atoms with Gasteiger partial charge in [0.15, 0.2) is 0 Å². The number of carbonyl (C=O) groups excluding carboxylic acids is 1. The molecule has 0 atom stereocenters. The van der Waals surface area contributed by atoms with Crippen LogP contribution in [0.1, 0.15) is 16.8 Å². The smallest absolute Gasteiger partial charge is 0.251 e. The molecule has 0 aliphatic carbocycles. The van der Waals surface area contributed by atoms with Gasteiger partial charge in [-0.25, -0.2) is 0 Å². The monoisotopic (exact) mass is 306 g/mol. The van der Waals surface area contributed by atoms with Crippen molar-refractivity contribution < 1.29 is 14.6 Å². The zero-order valence-electron chi connectivity index (χ0n) is 10.3. The summed E-state index contributed by atoms with van der Waals surface area (Å²) >= 11 is 11.7. The van der Waals surface area contributed by atoms with Gasteiger partial charge in [0.25, 0.3) is 5.91 Å². The van der Waals surface area contributed by atoms with E-state index in [0.717, 1.165) is 0 Å². The average Bonchev–Trinajstić information content (AvgIpc) is 2.39. The maximum Gasteiger partial charge on any atom is 0.251 e. The van der Waals surface area contributed by atoms with Crippen LogP contribution in [0, 0.1) is 0 Å². The summed E-state index contributed by atoms with van der Waals surface area (Å²) in [6.45, 7) is 1.24. The number of aliphatic hydroxyl groups excluding tert-OH is 1. The largest absolute Gasteiger partial charge is 0.397 e. The van der Waals surface area contributed by atoms with Crippen molar-refractivity contribution >= 4 is 34.8 Å². The van der Waals surface area contributed by atoms with E-state index >= 15 is 0 Å². The molecule has 0 heterocycles. The molecule has 0 unspecified atom stereocenters. The molecular formula is C12H16Cl2N2O3. The van der Waals surface area contributed by atoms with E-state index < -0.39 is 0 Å². The molecular weight excluding hydrogens is 291 g/mol. The first-order chi connectivity index (χ1) is 9.06. The molecule has 1 aromatic rings. The first kappa shape index (κ1) is 16.0. The molecule has 0 bridgehead atoms. The van der Waals surface area contributed by atoms with E-state index in [0.29, 0.717) is 31.7 Å². The third kappa shape index (κ3) is 5.24. The third-order valence-electron chi connectivity index (χ3n) is 2.31. The third-order valence-corrected chi connectivity index (χ3v) is 3.12. The fraction of sp³-hybridized carbons (Fsp3) is 0.417. The minimum Gasteiger partial charge on any atom is -0.397 e. The number of nitrogens with two attached hydrogens (primary N) is 1. The first-order valence-electron chi connectivity index (χ1n) is 5.77. The Morgan fingerprint density at radius 2 is 2.11 bits per heavy atom. The number of halogens is 2. The van der Waals surface area contributed by atoms with Crippen molar-refractivity contribution in [1.82, 2.24) is 5.32 Å². The number of aliphatic hydroxyl groups is 1. The minimum atomic E-state index is -0.271. The molecule has 106 valence electrons. The number of carbonyl (C=O) groups is 1. The van der Waals surface area contributed by atoms with Gasteiger partial charge in [-0.2, -0.15) is 0 Å². The summed E-state index contributed by atoms with van der Waals surface area (Å²) in [5, 5.41) is 11.7. The number of ether oxygens (including phenoxy) is 1. The highest BCUT2D eigenvalue weighted by Gasteiger charge is 2.10. The topological polar surface area (TPSA) is 84.6 Å². The van der Waals surface area contributed by atoms with Gasteiger partial charge in [0, 0.05) is 18.7 Å². The second-order valence-corrected chi connectivity index (χ2v) is 4.59. The lowest BCUT2D eigenvalue weighted by atomic mass is 10.2. The SMILES string of the molecule is Nc1cc(C(=O)NCCCOCCO)cc(Cl)c1Cl. The molecule has 0 saturated carbocycles. The number of benzene rings is 1. The van der Waals surface area contributed by atoms with Crippen LogP contribution in [0.3, 0.4) is 0 Å². The number of amides is 1. The summed E-state index contributed by atoms with van der Waals surface area (Å²) < 4.78 is 5.06. The number of hydrogen-bond acceptors (Lipinski definition) is 4. The van der Waals surface area contributed by atoms with Gasteiger partial charge in [-0.05, 0) is 18.6 Å². The lowest BCUT2D eigenvalue weighted by Gasteiger charge is -2.08. The molecule has 0 aliphatic heterocycles. The predicted molar refractivity (Wildman–Crippen MR) is 75.7 cm³/mol. The highest BCUT2D eigenvalue weighted by Crippen LogP contribution is 2.29. The Hall–Kier alpha value is -1.01. The molecule has 4 N–H and O–H groups in total. The van der Waals surface area contributed by atoms with Crippen molar-refractivity contribution in [3.8, 4) is 0 Å². The van der Waals surface area contributed by atoms with E-state index in [1.165, 1.54) is 12.1 Å². The van der Waals surface area contributed by atoms with E-state index in [4.69, 9.17) is 38.8 Å². The summed E-state index contributed by atoms with van der Waals surface area (Å²) in [7, 11) is 0. The molecule has 0 aromatic heterocycles. The van der Waals surface area contributed by atoms with Crippen LogP contribution in [0.15, 0.2) is 12.1 Å². The van der Waals surface area contributed by atoms with Crippen LogP contribution >= 0.6 is 23.2 Å². The lowest BCUT2D eigenvalue weighted by molar-refractivity contribution is 0.0867. The van der Waals surface area contributed by atoms with Crippen molar-refractivity contribution in [2.24, 2.45) is 0 Å². The standard InChI is InChI=1S/C12H16Cl2N2O3/c13-9-6-8(7-10(15)11(9)14)12(18)16-2-1-4-19-5-3-17/h6-7,17H,1-5,15H2,(H,16,18).